The second-order valence-electron chi connectivity index (χ2n) is 3.81. The highest BCUT2D eigenvalue weighted by Gasteiger charge is 2.23. The molecule has 0 fully saturated rings. The number of urea groups is 1. The van der Waals surface area contributed by atoms with Crippen LogP contribution in [0.25, 0.3) is 0 Å². The quantitative estimate of drug-likeness (QED) is 0.480. The van der Waals surface area contributed by atoms with Gasteiger partial charge < -0.3 is 20.8 Å². The molecule has 1 aliphatic rings. The number of carbonyl (C=O) groups excluding carboxylic acids is 1. The first-order chi connectivity index (χ1) is 8.30. The van der Waals surface area contributed by atoms with E-state index in [-0.39, 0.29) is 18.7 Å². The molecule has 0 spiro atoms. The average Bonchev–Trinajstić information content (AvgIpc) is 2.57. The lowest BCUT2D eigenvalue weighted by Crippen LogP contribution is -2.43. The van der Waals surface area contributed by atoms with Gasteiger partial charge in [-0.3, -0.25) is 0 Å². The summed E-state index contributed by atoms with van der Waals surface area (Å²) in [6.45, 7) is -0.0253. The summed E-state index contributed by atoms with van der Waals surface area (Å²) in [4.78, 5) is 21.6. The molecule has 1 aliphatic heterocycles. The van der Waals surface area contributed by atoms with Gasteiger partial charge in [-0.05, 0) is 6.08 Å². The second kappa shape index (κ2) is 5.83. The number of carboxylic acid groups (broad SMARTS) is 1. The first-order valence-electron chi connectivity index (χ1n) is 5.16. The summed E-state index contributed by atoms with van der Waals surface area (Å²) in [6, 6.07) is -1.20. The van der Waals surface area contributed by atoms with Crippen molar-refractivity contribution in [1.29, 1.82) is 0 Å². The molecule has 1 rings (SSSR count). The number of amides is 2. The number of carboxylic acids is 1. The second-order valence-corrected chi connectivity index (χ2v) is 5.74. The Balaban J connectivity index is 2.23. The predicted octanol–water partition coefficient (Wildman–Crippen LogP) is -1.57. The molecule has 2 atom stereocenters. The molecule has 4 N–H and O–H groups in total. The van der Waals surface area contributed by atoms with Gasteiger partial charge in [0, 0.05) is 18.4 Å². The zero-order valence-electron chi connectivity index (χ0n) is 9.37. The Morgan fingerprint density at radius 1 is 1.44 bits per heavy atom. The van der Waals surface area contributed by atoms with Crippen molar-refractivity contribution in [3.8, 4) is 0 Å². The van der Waals surface area contributed by atoms with Gasteiger partial charge in [0.15, 0.2) is 15.9 Å². The smallest absolute Gasteiger partial charge is 0.332 e. The Labute approximate surface area is 104 Å². The van der Waals surface area contributed by atoms with Crippen molar-refractivity contribution in [1.82, 2.24) is 10.6 Å². The fourth-order valence-corrected chi connectivity index (χ4v) is 2.57. The first-order valence-corrected chi connectivity index (χ1v) is 6.88. The van der Waals surface area contributed by atoms with Crippen molar-refractivity contribution in [2.45, 2.75) is 18.6 Å². The molecule has 2 amide bonds. The number of sulfone groups is 1. The van der Waals surface area contributed by atoms with E-state index in [1.165, 1.54) is 6.08 Å². The molecule has 8 nitrogen and oxygen atoms in total. The Hall–Kier alpha value is -1.61. The maximum atomic E-state index is 11.3. The van der Waals surface area contributed by atoms with Crippen LogP contribution in [-0.2, 0) is 14.6 Å². The Morgan fingerprint density at radius 3 is 2.61 bits per heavy atom. The Bertz CT molecular complexity index is 458. The molecular weight excluding hydrogens is 264 g/mol. The summed E-state index contributed by atoms with van der Waals surface area (Å²) < 4.78 is 22.1. The minimum atomic E-state index is -3.23. The van der Waals surface area contributed by atoms with Gasteiger partial charge in [-0.15, -0.1) is 0 Å². The van der Waals surface area contributed by atoms with Gasteiger partial charge in [-0.2, -0.15) is 0 Å². The highest BCUT2D eigenvalue weighted by atomic mass is 32.2. The van der Waals surface area contributed by atoms with Crippen LogP contribution in [0, 0.1) is 0 Å². The van der Waals surface area contributed by atoms with E-state index in [4.69, 9.17) is 10.2 Å². The number of hydrogen-bond donors (Lipinski definition) is 4. The van der Waals surface area contributed by atoms with E-state index in [9.17, 15) is 18.0 Å². The van der Waals surface area contributed by atoms with Crippen LogP contribution in [-0.4, -0.2) is 55.1 Å². The molecule has 0 radical (unpaired) electrons. The van der Waals surface area contributed by atoms with Gasteiger partial charge >= 0.3 is 12.0 Å². The van der Waals surface area contributed by atoms with Gasteiger partial charge in [0.05, 0.1) is 11.8 Å². The Kier molecular flexibility index (Phi) is 4.68. The van der Waals surface area contributed by atoms with Crippen LogP contribution in [0.4, 0.5) is 4.79 Å². The highest BCUT2D eigenvalue weighted by molar-refractivity contribution is 7.94. The lowest BCUT2D eigenvalue weighted by Gasteiger charge is -2.11. The van der Waals surface area contributed by atoms with Crippen molar-refractivity contribution < 1.29 is 28.2 Å². The van der Waals surface area contributed by atoms with E-state index < -0.39 is 34.0 Å². The van der Waals surface area contributed by atoms with Crippen LogP contribution >= 0.6 is 0 Å². The topological polar surface area (TPSA) is 133 Å². The molecule has 0 saturated heterocycles. The maximum Gasteiger partial charge on any atom is 0.332 e. The zero-order valence-corrected chi connectivity index (χ0v) is 10.2. The normalized spacial score (nSPS) is 22.4. The van der Waals surface area contributed by atoms with Gasteiger partial charge in [0.2, 0.25) is 0 Å². The first kappa shape index (κ1) is 14.5. The third-order valence-corrected chi connectivity index (χ3v) is 3.63. The summed E-state index contributed by atoms with van der Waals surface area (Å²) in [7, 11) is -3.23. The third kappa shape index (κ3) is 4.72. The van der Waals surface area contributed by atoms with Crippen LogP contribution in [0.2, 0.25) is 0 Å². The number of nitrogens with one attached hydrogen (secondary N) is 2. The van der Waals surface area contributed by atoms with Gasteiger partial charge in [-0.1, -0.05) is 0 Å². The van der Waals surface area contributed by atoms with Gasteiger partial charge in [0.1, 0.15) is 0 Å². The van der Waals surface area contributed by atoms with Crippen LogP contribution in [0.15, 0.2) is 11.5 Å². The molecule has 0 saturated carbocycles. The molecule has 1 heterocycles. The fraction of sp³-hybridized carbons (Fsp3) is 0.556. The molecular formula is C9H14N2O6S. The van der Waals surface area contributed by atoms with E-state index in [1.807, 2.05) is 0 Å². The number of aliphatic carboxylic acids is 1. The third-order valence-electron chi connectivity index (χ3n) is 2.23. The number of hydrogen-bond acceptors (Lipinski definition) is 5. The molecule has 102 valence electrons. The maximum absolute atomic E-state index is 11.3. The highest BCUT2D eigenvalue weighted by Crippen LogP contribution is 2.07. The number of carbonyl (C=O) groups is 2. The number of aliphatic hydroxyl groups excluding tert-OH is 1. The molecule has 0 aromatic carbocycles. The molecule has 0 bridgehead atoms. The molecule has 0 aromatic rings. The molecule has 0 aromatic heterocycles. The van der Waals surface area contributed by atoms with Gasteiger partial charge in [-0.25, -0.2) is 18.0 Å². The Morgan fingerprint density at radius 2 is 2.11 bits per heavy atom. The molecule has 0 aliphatic carbocycles. The van der Waals surface area contributed by atoms with Crippen LogP contribution < -0.4 is 10.6 Å². The molecule has 9 heteroatoms. The van der Waals surface area contributed by atoms with E-state index in [1.54, 1.807) is 0 Å². The fourth-order valence-electron chi connectivity index (χ4n) is 1.33. The molecule has 18 heavy (non-hydrogen) atoms. The zero-order chi connectivity index (χ0) is 13.8. The minimum Gasteiger partial charge on any atom is -0.479 e. The van der Waals surface area contributed by atoms with Crippen LogP contribution in [0.3, 0.4) is 0 Å². The lowest BCUT2D eigenvalue weighted by atomic mass is 10.2. The van der Waals surface area contributed by atoms with E-state index in [2.05, 4.69) is 10.6 Å². The number of rotatable bonds is 5. The molecule has 1 unspecified atom stereocenters. The summed E-state index contributed by atoms with van der Waals surface area (Å²) in [6.07, 6.45) is -0.292. The average molecular weight is 278 g/mol. The van der Waals surface area contributed by atoms with E-state index in [0.29, 0.717) is 0 Å². The van der Waals surface area contributed by atoms with Crippen molar-refractivity contribution in [3.05, 3.63) is 11.5 Å². The van der Waals surface area contributed by atoms with E-state index >= 15 is 0 Å². The van der Waals surface area contributed by atoms with Crippen molar-refractivity contribution in [2.24, 2.45) is 0 Å². The van der Waals surface area contributed by atoms with Gasteiger partial charge in [0.25, 0.3) is 0 Å². The predicted molar refractivity (Wildman–Crippen MR) is 61.5 cm³/mol. The van der Waals surface area contributed by atoms with Crippen LogP contribution in [0.5, 0.6) is 0 Å². The van der Waals surface area contributed by atoms with Crippen molar-refractivity contribution in [3.63, 3.8) is 0 Å². The van der Waals surface area contributed by atoms with E-state index in [0.717, 1.165) is 5.41 Å². The lowest BCUT2D eigenvalue weighted by molar-refractivity contribution is -0.146. The SMILES string of the molecule is O=C(NCC[C@H](O)C(=O)O)NC1C=CS(=O)(=O)C1. The summed E-state index contributed by atoms with van der Waals surface area (Å²) >= 11 is 0. The standard InChI is InChI=1S/C9H14N2O6S/c12-7(8(13)14)1-3-10-9(15)11-6-2-4-18(16,17)5-6/h2,4,6-7,12H,1,3,5H2,(H,13,14)(H2,10,11,15)/t6?,7-/m0/s1. The van der Waals surface area contributed by atoms with Crippen molar-refractivity contribution in [2.75, 3.05) is 12.3 Å². The van der Waals surface area contributed by atoms with Crippen LogP contribution in [0.1, 0.15) is 6.42 Å². The summed E-state index contributed by atoms with van der Waals surface area (Å²) in [5, 5.41) is 23.1. The largest absolute Gasteiger partial charge is 0.479 e. The monoisotopic (exact) mass is 278 g/mol. The summed E-state index contributed by atoms with van der Waals surface area (Å²) in [5.74, 6) is -1.54. The number of aliphatic hydroxyl groups is 1. The van der Waals surface area contributed by atoms with Crippen molar-refractivity contribution >= 4 is 21.8 Å². The minimum absolute atomic E-state index is 0.0253. The summed E-state index contributed by atoms with van der Waals surface area (Å²) in [5.41, 5.74) is 0.